The maximum atomic E-state index is 12.3. The molecule has 6 nitrogen and oxygen atoms in total. The fourth-order valence-electron chi connectivity index (χ4n) is 2.56. The summed E-state index contributed by atoms with van der Waals surface area (Å²) >= 11 is 0. The summed E-state index contributed by atoms with van der Waals surface area (Å²) in [5, 5.41) is 2.63. The Bertz CT molecular complexity index is 1120. The van der Waals surface area contributed by atoms with E-state index >= 15 is 0 Å². The third kappa shape index (κ3) is 4.85. The van der Waals surface area contributed by atoms with E-state index in [0.29, 0.717) is 11.3 Å². The van der Waals surface area contributed by atoms with Crippen molar-refractivity contribution >= 4 is 39.6 Å². The molecule has 0 heterocycles. The van der Waals surface area contributed by atoms with E-state index < -0.39 is 10.1 Å². The summed E-state index contributed by atoms with van der Waals surface area (Å²) in [6.07, 6.45) is 3.27. The van der Waals surface area contributed by atoms with Crippen LogP contribution in [0, 0.1) is 0 Å². The number of nitrogen functional groups attached to an aromatic ring is 1. The molecule has 0 unspecified atom stereocenters. The van der Waals surface area contributed by atoms with Crippen LogP contribution in [0.1, 0.15) is 21.5 Å². The maximum Gasteiger partial charge on any atom is 0.295 e. The SMILES string of the molecule is Nc1ccc(C=Cc2ccc(NC(=O)c3ccccc3)cc2S(=O)(=O)O)cc1. The molecule has 3 aromatic rings. The number of nitrogens with one attached hydrogen (secondary N) is 1. The van der Waals surface area contributed by atoms with Crippen LogP contribution < -0.4 is 11.1 Å². The summed E-state index contributed by atoms with van der Waals surface area (Å²) in [6.45, 7) is 0. The van der Waals surface area contributed by atoms with Crippen molar-refractivity contribution in [2.45, 2.75) is 4.90 Å². The first-order valence-electron chi connectivity index (χ1n) is 8.34. The summed E-state index contributed by atoms with van der Waals surface area (Å²) in [5.41, 5.74) is 8.06. The molecule has 0 bridgehead atoms. The molecule has 1 amide bonds. The van der Waals surface area contributed by atoms with E-state index in [9.17, 15) is 17.8 Å². The predicted molar refractivity (Wildman–Crippen MR) is 110 cm³/mol. The number of hydrogen-bond donors (Lipinski definition) is 3. The third-order valence-electron chi connectivity index (χ3n) is 3.98. The summed E-state index contributed by atoms with van der Waals surface area (Å²) < 4.78 is 33.2. The first-order valence-corrected chi connectivity index (χ1v) is 9.78. The minimum Gasteiger partial charge on any atom is -0.399 e. The van der Waals surface area contributed by atoms with Crippen molar-refractivity contribution in [3.05, 3.63) is 89.5 Å². The first kappa shape index (κ1) is 19.3. The normalized spacial score (nSPS) is 11.5. The highest BCUT2D eigenvalue weighted by atomic mass is 32.2. The zero-order valence-electron chi connectivity index (χ0n) is 14.7. The van der Waals surface area contributed by atoms with E-state index in [0.717, 1.165) is 5.56 Å². The van der Waals surface area contributed by atoms with Gasteiger partial charge in [0.15, 0.2) is 0 Å². The zero-order valence-corrected chi connectivity index (χ0v) is 15.6. The van der Waals surface area contributed by atoms with E-state index in [1.165, 1.54) is 12.1 Å². The topological polar surface area (TPSA) is 109 Å². The van der Waals surface area contributed by atoms with Crippen LogP contribution in [-0.2, 0) is 10.1 Å². The lowest BCUT2D eigenvalue weighted by Gasteiger charge is -2.09. The van der Waals surface area contributed by atoms with Crippen molar-refractivity contribution in [1.82, 2.24) is 0 Å². The smallest absolute Gasteiger partial charge is 0.295 e. The fourth-order valence-corrected chi connectivity index (χ4v) is 3.27. The Balaban J connectivity index is 1.90. The predicted octanol–water partition coefficient (Wildman–Crippen LogP) is 3.94. The lowest BCUT2D eigenvalue weighted by atomic mass is 10.1. The molecule has 0 fully saturated rings. The number of benzene rings is 3. The van der Waals surface area contributed by atoms with Gasteiger partial charge in [-0.05, 0) is 47.5 Å². The lowest BCUT2D eigenvalue weighted by Crippen LogP contribution is -2.12. The summed E-state index contributed by atoms with van der Waals surface area (Å²) in [5.74, 6) is -0.382. The van der Waals surface area contributed by atoms with Gasteiger partial charge < -0.3 is 11.1 Å². The van der Waals surface area contributed by atoms with Crippen molar-refractivity contribution in [3.63, 3.8) is 0 Å². The molecule has 4 N–H and O–H groups in total. The number of rotatable bonds is 5. The maximum absolute atomic E-state index is 12.3. The van der Waals surface area contributed by atoms with Crippen LogP contribution in [0.25, 0.3) is 12.2 Å². The van der Waals surface area contributed by atoms with Crippen LogP contribution in [0.3, 0.4) is 0 Å². The second-order valence-electron chi connectivity index (χ2n) is 6.05. The second kappa shape index (κ2) is 8.08. The number of nitrogens with two attached hydrogens (primary N) is 1. The van der Waals surface area contributed by atoms with E-state index in [1.54, 1.807) is 72.8 Å². The lowest BCUT2D eigenvalue weighted by molar-refractivity contribution is 0.102. The van der Waals surface area contributed by atoms with Crippen LogP contribution in [0.15, 0.2) is 77.7 Å². The number of hydrogen-bond acceptors (Lipinski definition) is 4. The van der Waals surface area contributed by atoms with Gasteiger partial charge in [-0.3, -0.25) is 9.35 Å². The largest absolute Gasteiger partial charge is 0.399 e. The zero-order chi connectivity index (χ0) is 20.1. The molecule has 28 heavy (non-hydrogen) atoms. The van der Waals surface area contributed by atoms with Gasteiger partial charge in [0.1, 0.15) is 4.90 Å². The van der Waals surface area contributed by atoms with E-state index in [2.05, 4.69) is 5.32 Å². The summed E-state index contributed by atoms with van der Waals surface area (Å²) in [6, 6.07) is 19.8. The average Bonchev–Trinajstić information content (AvgIpc) is 2.68. The van der Waals surface area contributed by atoms with Gasteiger partial charge in [-0.2, -0.15) is 8.42 Å². The van der Waals surface area contributed by atoms with Gasteiger partial charge in [0.25, 0.3) is 16.0 Å². The van der Waals surface area contributed by atoms with Crippen LogP contribution in [-0.4, -0.2) is 18.9 Å². The van der Waals surface area contributed by atoms with Gasteiger partial charge in [0, 0.05) is 16.9 Å². The first-order chi connectivity index (χ1) is 13.3. The molecule has 0 atom stereocenters. The Morgan fingerprint density at radius 2 is 1.61 bits per heavy atom. The Morgan fingerprint density at radius 3 is 2.25 bits per heavy atom. The Kier molecular flexibility index (Phi) is 5.58. The molecule has 0 saturated heterocycles. The molecule has 0 aromatic heterocycles. The van der Waals surface area contributed by atoms with Gasteiger partial charge >= 0.3 is 0 Å². The van der Waals surface area contributed by atoms with Crippen molar-refractivity contribution in [2.24, 2.45) is 0 Å². The van der Waals surface area contributed by atoms with Crippen molar-refractivity contribution in [2.75, 3.05) is 11.1 Å². The minimum atomic E-state index is -4.49. The van der Waals surface area contributed by atoms with E-state index in [1.807, 2.05) is 0 Å². The quantitative estimate of drug-likeness (QED) is 0.345. The molecule has 0 aliphatic carbocycles. The van der Waals surface area contributed by atoms with Crippen molar-refractivity contribution < 1.29 is 17.8 Å². The van der Waals surface area contributed by atoms with Gasteiger partial charge in [-0.1, -0.05) is 48.6 Å². The number of anilines is 2. The average molecular weight is 394 g/mol. The molecule has 3 rings (SSSR count). The number of carbonyl (C=O) groups excluding carboxylic acids is 1. The van der Waals surface area contributed by atoms with E-state index in [-0.39, 0.29) is 22.1 Å². The Labute approximate surface area is 163 Å². The third-order valence-corrected chi connectivity index (χ3v) is 4.89. The molecular formula is C21H18N2O4S. The van der Waals surface area contributed by atoms with Crippen LogP contribution >= 0.6 is 0 Å². The minimum absolute atomic E-state index is 0.256. The fraction of sp³-hybridized carbons (Fsp3) is 0. The molecule has 0 spiro atoms. The van der Waals surface area contributed by atoms with Gasteiger partial charge in [0.2, 0.25) is 0 Å². The highest BCUT2D eigenvalue weighted by Gasteiger charge is 2.16. The molecule has 142 valence electrons. The second-order valence-corrected chi connectivity index (χ2v) is 7.44. The number of amides is 1. The Hall–Kier alpha value is -3.42. The van der Waals surface area contributed by atoms with Crippen molar-refractivity contribution in [1.29, 1.82) is 0 Å². The molecule has 3 aromatic carbocycles. The summed E-state index contributed by atoms with van der Waals surface area (Å²) in [7, 11) is -4.49. The van der Waals surface area contributed by atoms with Gasteiger partial charge in [0.05, 0.1) is 0 Å². The van der Waals surface area contributed by atoms with Crippen LogP contribution in [0.4, 0.5) is 11.4 Å². The van der Waals surface area contributed by atoms with Gasteiger partial charge in [-0.15, -0.1) is 0 Å². The molecule has 0 saturated carbocycles. The standard InChI is InChI=1S/C21H18N2O4S/c22-18-11-7-15(8-12-18)6-9-16-10-13-19(14-20(16)28(25,26)27)23-21(24)17-4-2-1-3-5-17/h1-14H,22H2,(H,23,24)(H,25,26,27). The molecule has 0 aliphatic rings. The summed E-state index contributed by atoms with van der Waals surface area (Å²) in [4.78, 5) is 12.0. The molecule has 0 radical (unpaired) electrons. The van der Waals surface area contributed by atoms with Crippen molar-refractivity contribution in [3.8, 4) is 0 Å². The molecule has 7 heteroatoms. The van der Waals surface area contributed by atoms with Crippen LogP contribution in [0.2, 0.25) is 0 Å². The highest BCUT2D eigenvalue weighted by Crippen LogP contribution is 2.23. The number of carbonyl (C=O) groups is 1. The molecule has 0 aliphatic heterocycles. The van der Waals surface area contributed by atoms with Gasteiger partial charge in [-0.25, -0.2) is 0 Å². The van der Waals surface area contributed by atoms with Crippen LogP contribution in [0.5, 0.6) is 0 Å². The highest BCUT2D eigenvalue weighted by molar-refractivity contribution is 7.86. The monoisotopic (exact) mass is 394 g/mol. The molecular weight excluding hydrogens is 376 g/mol. The van der Waals surface area contributed by atoms with E-state index in [4.69, 9.17) is 5.73 Å². The Morgan fingerprint density at radius 1 is 0.929 bits per heavy atom.